The topological polar surface area (TPSA) is 63.6 Å². The molecule has 1 aliphatic carbocycles. The molecule has 1 unspecified atom stereocenters. The fourth-order valence-corrected chi connectivity index (χ4v) is 6.44. The first kappa shape index (κ1) is 23.0. The van der Waals surface area contributed by atoms with E-state index in [1.165, 1.54) is 11.3 Å². The van der Waals surface area contributed by atoms with E-state index in [1.54, 1.807) is 23.3 Å². The van der Waals surface area contributed by atoms with Gasteiger partial charge in [0.1, 0.15) is 17.0 Å². The molecule has 34 heavy (non-hydrogen) atoms. The molecule has 3 heterocycles. The van der Waals surface area contributed by atoms with Crippen LogP contribution in [0.2, 0.25) is 0 Å². The van der Waals surface area contributed by atoms with Crippen molar-refractivity contribution in [1.82, 2.24) is 14.8 Å². The van der Waals surface area contributed by atoms with E-state index in [9.17, 15) is 9.59 Å². The lowest BCUT2D eigenvalue weighted by Crippen LogP contribution is -2.64. The second kappa shape index (κ2) is 9.10. The van der Waals surface area contributed by atoms with E-state index in [4.69, 9.17) is 4.74 Å². The first-order chi connectivity index (χ1) is 16.4. The zero-order valence-corrected chi connectivity index (χ0v) is 21.0. The summed E-state index contributed by atoms with van der Waals surface area (Å²) in [6.07, 6.45) is 6.48. The minimum absolute atomic E-state index is 0.0684. The molecule has 5 rings (SSSR count). The number of aromatic nitrogens is 1. The van der Waals surface area contributed by atoms with Gasteiger partial charge < -0.3 is 19.5 Å². The van der Waals surface area contributed by atoms with Crippen molar-refractivity contribution in [3.05, 3.63) is 52.5 Å². The van der Waals surface area contributed by atoms with Crippen LogP contribution in [-0.2, 0) is 24.3 Å². The number of aryl methyl sites for hydroxylation is 1. The van der Waals surface area contributed by atoms with E-state index >= 15 is 0 Å². The number of ether oxygens (including phenoxy) is 1. The molecule has 6 nitrogen and oxygen atoms in total. The van der Waals surface area contributed by atoms with Gasteiger partial charge in [-0.2, -0.15) is 0 Å². The molecule has 1 fully saturated rings. The van der Waals surface area contributed by atoms with Crippen molar-refractivity contribution in [2.75, 3.05) is 7.11 Å². The summed E-state index contributed by atoms with van der Waals surface area (Å²) in [6, 6.07) is 12.1. The number of carbonyl (C=O) groups is 2. The number of amides is 2. The Balaban J connectivity index is 1.56. The number of para-hydroxylation sites is 1. The Hall–Kier alpha value is -2.80. The molecule has 1 atom stereocenters. The lowest BCUT2D eigenvalue weighted by molar-refractivity contribution is -0.134. The Bertz CT molecular complexity index is 1220. The van der Waals surface area contributed by atoms with Crippen LogP contribution in [0.4, 0.5) is 0 Å². The summed E-state index contributed by atoms with van der Waals surface area (Å²) in [4.78, 5) is 30.9. The van der Waals surface area contributed by atoms with Crippen LogP contribution in [0.25, 0.3) is 10.2 Å². The molecule has 7 heteroatoms. The van der Waals surface area contributed by atoms with Crippen molar-refractivity contribution in [3.63, 3.8) is 0 Å². The van der Waals surface area contributed by atoms with Gasteiger partial charge in [0.05, 0.1) is 30.4 Å². The van der Waals surface area contributed by atoms with Crippen molar-refractivity contribution in [1.29, 1.82) is 0 Å². The largest absolute Gasteiger partial charge is 0.496 e. The van der Waals surface area contributed by atoms with Crippen molar-refractivity contribution >= 4 is 33.4 Å². The Morgan fingerprint density at radius 1 is 1.21 bits per heavy atom. The highest BCUT2D eigenvalue weighted by molar-refractivity contribution is 7.19. The second-order valence-corrected chi connectivity index (χ2v) is 10.9. The molecule has 2 amide bonds. The van der Waals surface area contributed by atoms with Crippen LogP contribution >= 0.6 is 11.3 Å². The second-order valence-electron chi connectivity index (χ2n) is 9.72. The molecule has 0 saturated heterocycles. The zero-order valence-electron chi connectivity index (χ0n) is 20.2. The molecule has 1 aliphatic heterocycles. The highest BCUT2D eigenvalue weighted by atomic mass is 32.1. The summed E-state index contributed by atoms with van der Waals surface area (Å²) in [5.41, 5.74) is 1.59. The van der Waals surface area contributed by atoms with Gasteiger partial charge in [0.25, 0.3) is 5.91 Å². The summed E-state index contributed by atoms with van der Waals surface area (Å²) >= 11 is 1.73. The third kappa shape index (κ3) is 3.90. The summed E-state index contributed by atoms with van der Waals surface area (Å²) in [6.45, 7) is 4.81. The van der Waals surface area contributed by atoms with Gasteiger partial charge in [-0.1, -0.05) is 44.4 Å². The van der Waals surface area contributed by atoms with Gasteiger partial charge in [0.15, 0.2) is 0 Å². The van der Waals surface area contributed by atoms with Gasteiger partial charge in [-0.15, -0.1) is 11.3 Å². The maximum absolute atomic E-state index is 13.9. The lowest BCUT2D eigenvalue weighted by atomic mass is 9.91. The molecule has 0 bridgehead atoms. The fourth-order valence-electron chi connectivity index (χ4n) is 5.40. The highest BCUT2D eigenvalue weighted by Crippen LogP contribution is 2.37. The molecule has 0 spiro atoms. The third-order valence-corrected chi connectivity index (χ3v) is 8.68. The number of rotatable bonds is 6. The van der Waals surface area contributed by atoms with Gasteiger partial charge in [-0.05, 0) is 44.4 Å². The summed E-state index contributed by atoms with van der Waals surface area (Å²) < 4.78 is 8.73. The normalized spacial score (nSPS) is 21.0. The number of nitrogens with one attached hydrogen (secondary N) is 1. The molecule has 2 aromatic heterocycles. The maximum atomic E-state index is 13.9. The van der Waals surface area contributed by atoms with Gasteiger partial charge in [-0.25, -0.2) is 0 Å². The van der Waals surface area contributed by atoms with E-state index in [0.29, 0.717) is 18.8 Å². The molecule has 1 saturated carbocycles. The number of hydrogen-bond donors (Lipinski definition) is 1. The predicted octanol–water partition coefficient (Wildman–Crippen LogP) is 5.14. The Morgan fingerprint density at radius 3 is 2.71 bits per heavy atom. The van der Waals surface area contributed by atoms with E-state index in [0.717, 1.165) is 53.6 Å². The first-order valence-corrected chi connectivity index (χ1v) is 13.1. The van der Waals surface area contributed by atoms with Gasteiger partial charge in [0.2, 0.25) is 5.91 Å². The molecule has 0 radical (unpaired) electrons. The van der Waals surface area contributed by atoms with E-state index in [1.807, 2.05) is 37.3 Å². The summed E-state index contributed by atoms with van der Waals surface area (Å²) in [5.74, 6) is 0.542. The molecular formula is C27H33N3O3S. The van der Waals surface area contributed by atoms with Crippen LogP contribution in [0.15, 0.2) is 36.4 Å². The number of carbonyl (C=O) groups excluding carboxylic acids is 2. The first-order valence-electron chi connectivity index (χ1n) is 12.3. The summed E-state index contributed by atoms with van der Waals surface area (Å²) in [5, 5.41) is 3.31. The Kier molecular flexibility index (Phi) is 6.15. The number of benzene rings is 1. The van der Waals surface area contributed by atoms with Crippen LogP contribution in [0.5, 0.6) is 5.75 Å². The molecule has 1 N–H and O–H groups in total. The Morgan fingerprint density at radius 2 is 1.97 bits per heavy atom. The van der Waals surface area contributed by atoms with Gasteiger partial charge in [0, 0.05) is 16.5 Å². The quantitative estimate of drug-likeness (QED) is 0.533. The van der Waals surface area contributed by atoms with Crippen molar-refractivity contribution in [3.8, 4) is 5.75 Å². The standard InChI is InChI=1S/C27H33N3O3S/c1-4-20-14-21-24(34-20)15-22-25(31)30(16-18-10-8-9-13-23(18)33-3)27(2,17-29(21)22)26(32)28-19-11-6-5-7-12-19/h8-10,13-15,19H,4-7,11-12,16-17H2,1-3H3,(H,28,32). The van der Waals surface area contributed by atoms with Gasteiger partial charge >= 0.3 is 0 Å². The number of fused-ring (bicyclic) bond motifs is 3. The minimum atomic E-state index is -1.01. The van der Waals surface area contributed by atoms with Crippen molar-refractivity contribution in [2.45, 2.75) is 77.0 Å². The average molecular weight is 480 g/mol. The summed E-state index contributed by atoms with van der Waals surface area (Å²) in [7, 11) is 1.64. The van der Waals surface area contributed by atoms with E-state index < -0.39 is 5.54 Å². The predicted molar refractivity (Wildman–Crippen MR) is 135 cm³/mol. The average Bonchev–Trinajstić information content (AvgIpc) is 3.41. The molecule has 3 aromatic rings. The lowest BCUT2D eigenvalue weighted by Gasteiger charge is -2.45. The molecule has 1 aromatic carbocycles. The Labute approximate surface area is 204 Å². The molecule has 2 aliphatic rings. The molecule has 180 valence electrons. The third-order valence-electron chi connectivity index (χ3n) is 7.47. The van der Waals surface area contributed by atoms with E-state index in [2.05, 4.69) is 22.9 Å². The zero-order chi connectivity index (χ0) is 23.9. The number of thiophene rings is 1. The number of hydrogen-bond acceptors (Lipinski definition) is 4. The van der Waals surface area contributed by atoms with Crippen LogP contribution in [-0.4, -0.2) is 40.0 Å². The SMILES string of the molecule is CCc1cc2c(cc3n2CC(C)(C(=O)NC2CCCCC2)N(Cc2ccccc2OC)C3=O)s1. The smallest absolute Gasteiger partial charge is 0.271 e. The van der Waals surface area contributed by atoms with Crippen LogP contribution in [0.1, 0.15) is 66.9 Å². The maximum Gasteiger partial charge on any atom is 0.271 e. The van der Waals surface area contributed by atoms with Crippen molar-refractivity contribution in [2.24, 2.45) is 0 Å². The number of nitrogens with zero attached hydrogens (tertiary/aromatic N) is 2. The van der Waals surface area contributed by atoms with Crippen LogP contribution in [0, 0.1) is 0 Å². The van der Waals surface area contributed by atoms with Crippen molar-refractivity contribution < 1.29 is 14.3 Å². The van der Waals surface area contributed by atoms with E-state index in [-0.39, 0.29) is 17.9 Å². The fraction of sp³-hybridized carbons (Fsp3) is 0.481. The van der Waals surface area contributed by atoms with Gasteiger partial charge in [-0.3, -0.25) is 9.59 Å². The van der Waals surface area contributed by atoms with Crippen LogP contribution < -0.4 is 10.1 Å². The van der Waals surface area contributed by atoms with Crippen LogP contribution in [0.3, 0.4) is 0 Å². The molecular weight excluding hydrogens is 446 g/mol. The number of methoxy groups -OCH3 is 1. The highest BCUT2D eigenvalue weighted by Gasteiger charge is 2.48. The minimum Gasteiger partial charge on any atom is -0.496 e. The monoisotopic (exact) mass is 479 g/mol.